The third kappa shape index (κ3) is 3.80. The summed E-state index contributed by atoms with van der Waals surface area (Å²) in [7, 11) is 0. The van der Waals surface area contributed by atoms with Gasteiger partial charge in [-0.25, -0.2) is 4.98 Å². The molecule has 0 spiro atoms. The van der Waals surface area contributed by atoms with Gasteiger partial charge in [-0.1, -0.05) is 11.6 Å². The lowest BCUT2D eigenvalue weighted by molar-refractivity contribution is -0.137. The van der Waals surface area contributed by atoms with Gasteiger partial charge in [0.2, 0.25) is 0 Å². The molecular weight excluding hydrogens is 311 g/mol. The summed E-state index contributed by atoms with van der Waals surface area (Å²) in [6.07, 6.45) is -3.77. The first kappa shape index (κ1) is 15.7. The zero-order valence-corrected chi connectivity index (χ0v) is 11.6. The van der Waals surface area contributed by atoms with Crippen LogP contribution in [0.4, 0.5) is 19.0 Å². The maximum Gasteiger partial charge on any atom is 0.417 e. The average Bonchev–Trinajstić information content (AvgIpc) is 2.30. The molecule has 0 atom stereocenters. The molecule has 1 aromatic rings. The predicted molar refractivity (Wildman–Crippen MR) is 67.7 cm³/mol. The van der Waals surface area contributed by atoms with Crippen LogP contribution >= 0.6 is 34.8 Å². The number of hydrogen-bond donors (Lipinski definition) is 1. The molecule has 8 heteroatoms. The molecule has 0 aromatic carbocycles. The number of nitrogens with zero attached hydrogens (tertiary/aromatic N) is 1. The van der Waals surface area contributed by atoms with Gasteiger partial charge in [0.15, 0.2) is 0 Å². The van der Waals surface area contributed by atoms with Crippen molar-refractivity contribution in [2.24, 2.45) is 0 Å². The minimum atomic E-state index is -4.47. The van der Waals surface area contributed by atoms with E-state index >= 15 is 0 Å². The minimum Gasteiger partial charge on any atom is -0.361 e. The second-order valence-electron chi connectivity index (χ2n) is 4.01. The summed E-state index contributed by atoms with van der Waals surface area (Å²) < 4.78 is 37.2. The molecule has 1 rings (SSSR count). The van der Waals surface area contributed by atoms with E-state index in [9.17, 15) is 13.2 Å². The van der Waals surface area contributed by atoms with E-state index in [-0.39, 0.29) is 22.6 Å². The van der Waals surface area contributed by atoms with E-state index in [1.165, 1.54) is 0 Å². The maximum atomic E-state index is 12.4. The van der Waals surface area contributed by atoms with Crippen LogP contribution in [0.3, 0.4) is 0 Å². The quantitative estimate of drug-likeness (QED) is 0.831. The molecule has 102 valence electrons. The van der Waals surface area contributed by atoms with Crippen molar-refractivity contribution in [3.05, 3.63) is 22.8 Å². The molecule has 0 aliphatic heterocycles. The SMILES string of the molecule is CC(CCl)(CCl)Nc1ncc(C(F)(F)F)cc1Cl. The Bertz CT molecular complexity index is 419. The van der Waals surface area contributed by atoms with Crippen LogP contribution < -0.4 is 5.32 Å². The number of alkyl halides is 5. The van der Waals surface area contributed by atoms with Crippen LogP contribution in [0.5, 0.6) is 0 Å². The molecule has 0 amide bonds. The van der Waals surface area contributed by atoms with Crippen molar-refractivity contribution >= 4 is 40.6 Å². The number of pyridine rings is 1. The normalized spacial score (nSPS) is 12.6. The molecule has 0 radical (unpaired) electrons. The minimum absolute atomic E-state index is 0.119. The Labute approximate surface area is 117 Å². The first-order valence-electron chi connectivity index (χ1n) is 4.85. The lowest BCUT2D eigenvalue weighted by atomic mass is 10.1. The van der Waals surface area contributed by atoms with Gasteiger partial charge < -0.3 is 5.32 Å². The molecule has 0 fully saturated rings. The van der Waals surface area contributed by atoms with Crippen molar-refractivity contribution in [1.82, 2.24) is 4.98 Å². The van der Waals surface area contributed by atoms with Crippen LogP contribution in [0.15, 0.2) is 12.3 Å². The number of aromatic nitrogens is 1. The van der Waals surface area contributed by atoms with Gasteiger partial charge >= 0.3 is 6.18 Å². The zero-order chi connectivity index (χ0) is 14.0. The molecular formula is C10H10Cl3F3N2. The molecule has 0 aliphatic rings. The Balaban J connectivity index is 3.00. The third-order valence-corrected chi connectivity index (χ3v) is 3.65. The topological polar surface area (TPSA) is 24.9 Å². The van der Waals surface area contributed by atoms with Crippen LogP contribution in [0.25, 0.3) is 0 Å². The van der Waals surface area contributed by atoms with Gasteiger partial charge in [0.05, 0.1) is 16.1 Å². The molecule has 2 nitrogen and oxygen atoms in total. The predicted octanol–water partition coefficient (Wildman–Crippen LogP) is 4.40. The molecule has 0 aliphatic carbocycles. The summed E-state index contributed by atoms with van der Waals surface area (Å²) in [6, 6.07) is 0.805. The molecule has 1 aromatic heterocycles. The van der Waals surface area contributed by atoms with Crippen molar-refractivity contribution in [2.45, 2.75) is 18.6 Å². The fourth-order valence-electron chi connectivity index (χ4n) is 1.07. The second kappa shape index (κ2) is 5.72. The summed E-state index contributed by atoms with van der Waals surface area (Å²) >= 11 is 17.2. The number of halogens is 6. The van der Waals surface area contributed by atoms with E-state index in [2.05, 4.69) is 10.3 Å². The van der Waals surface area contributed by atoms with Gasteiger partial charge in [0.1, 0.15) is 5.82 Å². The fourth-order valence-corrected chi connectivity index (χ4v) is 1.71. The Morgan fingerprint density at radius 1 is 1.28 bits per heavy atom. The van der Waals surface area contributed by atoms with E-state index in [0.717, 1.165) is 6.07 Å². The lowest BCUT2D eigenvalue weighted by Gasteiger charge is -2.27. The van der Waals surface area contributed by atoms with Gasteiger partial charge in [-0.2, -0.15) is 13.2 Å². The third-order valence-electron chi connectivity index (χ3n) is 2.18. The molecule has 1 heterocycles. The summed E-state index contributed by atoms with van der Waals surface area (Å²) in [4.78, 5) is 3.65. The van der Waals surface area contributed by atoms with Crippen LogP contribution in [0.1, 0.15) is 12.5 Å². The summed E-state index contributed by atoms with van der Waals surface area (Å²) in [5.74, 6) is 0.443. The van der Waals surface area contributed by atoms with E-state index in [0.29, 0.717) is 6.20 Å². The molecule has 0 unspecified atom stereocenters. The Hall–Kier alpha value is -0.390. The molecule has 0 saturated heterocycles. The van der Waals surface area contributed by atoms with Crippen LogP contribution in [-0.2, 0) is 6.18 Å². The maximum absolute atomic E-state index is 12.4. The van der Waals surface area contributed by atoms with E-state index in [1.54, 1.807) is 6.92 Å². The Kier molecular flexibility index (Phi) is 4.98. The van der Waals surface area contributed by atoms with Crippen LogP contribution in [0, 0.1) is 0 Å². The summed E-state index contributed by atoms with van der Waals surface area (Å²) in [6.45, 7) is 1.71. The number of rotatable bonds is 4. The van der Waals surface area contributed by atoms with Crippen LogP contribution in [-0.4, -0.2) is 22.3 Å². The van der Waals surface area contributed by atoms with Gasteiger partial charge in [-0.3, -0.25) is 0 Å². The van der Waals surface area contributed by atoms with Crippen LogP contribution in [0.2, 0.25) is 5.02 Å². The number of hydrogen-bond acceptors (Lipinski definition) is 2. The average molecular weight is 322 g/mol. The number of anilines is 1. The van der Waals surface area contributed by atoms with Crippen molar-refractivity contribution in [1.29, 1.82) is 0 Å². The highest BCUT2D eigenvalue weighted by Crippen LogP contribution is 2.33. The van der Waals surface area contributed by atoms with Gasteiger partial charge in [-0.05, 0) is 13.0 Å². The summed E-state index contributed by atoms with van der Waals surface area (Å²) in [5.41, 5.74) is -1.60. The fraction of sp³-hybridized carbons (Fsp3) is 0.500. The largest absolute Gasteiger partial charge is 0.417 e. The monoisotopic (exact) mass is 320 g/mol. The van der Waals surface area contributed by atoms with E-state index < -0.39 is 17.3 Å². The molecule has 18 heavy (non-hydrogen) atoms. The summed E-state index contributed by atoms with van der Waals surface area (Å²) in [5, 5.41) is 2.69. The number of nitrogens with one attached hydrogen (secondary N) is 1. The first-order chi connectivity index (χ1) is 8.22. The van der Waals surface area contributed by atoms with Gasteiger partial charge in [-0.15, -0.1) is 23.2 Å². The smallest absolute Gasteiger partial charge is 0.361 e. The second-order valence-corrected chi connectivity index (χ2v) is 4.95. The van der Waals surface area contributed by atoms with Crippen molar-refractivity contribution in [2.75, 3.05) is 17.1 Å². The first-order valence-corrected chi connectivity index (χ1v) is 6.29. The standard InChI is InChI=1S/C10H10Cl3F3N2/c1-9(4-11,5-12)18-8-7(13)2-6(3-17-8)10(14,15)16/h2-3H,4-5H2,1H3,(H,17,18). The highest BCUT2D eigenvalue weighted by Gasteiger charge is 2.32. The van der Waals surface area contributed by atoms with E-state index in [4.69, 9.17) is 34.8 Å². The molecule has 0 saturated carbocycles. The highest BCUT2D eigenvalue weighted by molar-refractivity contribution is 6.33. The van der Waals surface area contributed by atoms with E-state index in [1.807, 2.05) is 0 Å². The Morgan fingerprint density at radius 2 is 1.83 bits per heavy atom. The van der Waals surface area contributed by atoms with Crippen molar-refractivity contribution < 1.29 is 13.2 Å². The zero-order valence-electron chi connectivity index (χ0n) is 9.28. The lowest BCUT2D eigenvalue weighted by Crippen LogP contribution is -2.39. The van der Waals surface area contributed by atoms with Crippen molar-refractivity contribution in [3.63, 3.8) is 0 Å². The van der Waals surface area contributed by atoms with Gasteiger partial charge in [0, 0.05) is 18.0 Å². The highest BCUT2D eigenvalue weighted by atomic mass is 35.5. The van der Waals surface area contributed by atoms with Crippen molar-refractivity contribution in [3.8, 4) is 0 Å². The Morgan fingerprint density at radius 3 is 2.22 bits per heavy atom. The molecule has 0 bridgehead atoms. The van der Waals surface area contributed by atoms with Gasteiger partial charge in [0.25, 0.3) is 0 Å². The molecule has 1 N–H and O–H groups in total.